The average molecular weight is 501 g/mol. The van der Waals surface area contributed by atoms with Gasteiger partial charge in [-0.25, -0.2) is 13.4 Å². The molecule has 0 unspecified atom stereocenters. The van der Waals surface area contributed by atoms with E-state index in [4.69, 9.17) is 0 Å². The Morgan fingerprint density at radius 3 is 2.70 bits per heavy atom. The average Bonchev–Trinajstić information content (AvgIpc) is 3.55. The molecule has 0 saturated carbocycles. The lowest BCUT2D eigenvalue weighted by Crippen LogP contribution is -2.36. The second kappa shape index (κ2) is 9.21. The van der Waals surface area contributed by atoms with E-state index in [1.165, 1.54) is 39.8 Å². The monoisotopic (exact) mass is 500 g/mol. The molecule has 6 nitrogen and oxygen atoms in total. The van der Waals surface area contributed by atoms with Crippen LogP contribution in [0.2, 0.25) is 0 Å². The number of sulfonamides is 1. The van der Waals surface area contributed by atoms with Gasteiger partial charge in [0.05, 0.1) is 16.9 Å². The summed E-state index contributed by atoms with van der Waals surface area (Å²) in [6.45, 7) is 7.08. The van der Waals surface area contributed by atoms with Gasteiger partial charge in [0.15, 0.2) is 0 Å². The van der Waals surface area contributed by atoms with Gasteiger partial charge in [-0.1, -0.05) is 24.6 Å². The molecule has 1 aliphatic rings. The largest absolute Gasteiger partial charge is 0.351 e. The molecule has 174 valence electrons. The molecule has 5 rings (SSSR count). The molecule has 1 aliphatic heterocycles. The van der Waals surface area contributed by atoms with Crippen LogP contribution in [0.15, 0.2) is 52.2 Å². The minimum Gasteiger partial charge on any atom is -0.351 e. The molecule has 0 radical (unpaired) electrons. The summed E-state index contributed by atoms with van der Waals surface area (Å²) in [5.74, 6) is 0. The second-order valence-corrected chi connectivity index (χ2v) is 12.8. The van der Waals surface area contributed by atoms with Gasteiger partial charge in [0.1, 0.15) is 9.22 Å². The van der Waals surface area contributed by atoms with E-state index in [2.05, 4.69) is 20.9 Å². The molecule has 1 N–H and O–H groups in total. The van der Waals surface area contributed by atoms with Crippen molar-refractivity contribution in [3.8, 4) is 10.7 Å². The number of thiazole rings is 1. The fourth-order valence-corrected chi connectivity index (χ4v) is 8.15. The van der Waals surface area contributed by atoms with E-state index in [1.807, 2.05) is 38.2 Å². The van der Waals surface area contributed by atoms with Crippen molar-refractivity contribution in [1.29, 1.82) is 0 Å². The Morgan fingerprint density at radius 1 is 1.15 bits per heavy atom. The van der Waals surface area contributed by atoms with Crippen molar-refractivity contribution in [1.82, 2.24) is 14.9 Å². The van der Waals surface area contributed by atoms with Gasteiger partial charge >= 0.3 is 0 Å². The summed E-state index contributed by atoms with van der Waals surface area (Å²) in [5.41, 5.74) is 2.39. The van der Waals surface area contributed by atoms with E-state index in [0.29, 0.717) is 9.90 Å². The Balaban J connectivity index is 1.50. The summed E-state index contributed by atoms with van der Waals surface area (Å²) >= 11 is 2.95. The number of rotatable bonds is 7. The van der Waals surface area contributed by atoms with Crippen molar-refractivity contribution in [3.63, 3.8) is 0 Å². The topological polar surface area (TPSA) is 69.3 Å². The maximum atomic E-state index is 13.5. The summed E-state index contributed by atoms with van der Waals surface area (Å²) in [6.07, 6.45) is 5.86. The third-order valence-electron chi connectivity index (χ3n) is 5.96. The van der Waals surface area contributed by atoms with Gasteiger partial charge in [-0.15, -0.1) is 22.7 Å². The van der Waals surface area contributed by atoms with Crippen molar-refractivity contribution in [3.05, 3.63) is 52.9 Å². The van der Waals surface area contributed by atoms with Crippen LogP contribution in [-0.4, -0.2) is 42.4 Å². The maximum Gasteiger partial charge on any atom is 0.274 e. The number of nitrogens with one attached hydrogen (secondary N) is 1. The van der Waals surface area contributed by atoms with Crippen molar-refractivity contribution in [2.24, 2.45) is 0 Å². The lowest BCUT2D eigenvalue weighted by Gasteiger charge is -2.28. The van der Waals surface area contributed by atoms with Crippen LogP contribution in [0, 0.1) is 0 Å². The van der Waals surface area contributed by atoms with Gasteiger partial charge in [0.2, 0.25) is 0 Å². The zero-order chi connectivity index (χ0) is 23.0. The second-order valence-electron chi connectivity index (χ2n) is 8.72. The number of benzene rings is 1. The normalized spacial score (nSPS) is 15.5. The third kappa shape index (κ3) is 4.47. The minimum atomic E-state index is -3.66. The quantitative estimate of drug-likeness (QED) is 0.341. The molecule has 0 bridgehead atoms. The summed E-state index contributed by atoms with van der Waals surface area (Å²) in [5, 5.41) is 3.70. The molecule has 0 atom stereocenters. The SMILES string of the molecule is CC(C)N(c1cccc2cc(-c3ncc(CN4CCCCC4)s3)[nH]c12)S(=O)(=O)c1cccs1. The third-order valence-corrected chi connectivity index (χ3v) is 10.3. The predicted molar refractivity (Wildman–Crippen MR) is 138 cm³/mol. The van der Waals surface area contributed by atoms with Gasteiger partial charge < -0.3 is 4.98 Å². The Hall–Kier alpha value is -2.20. The van der Waals surface area contributed by atoms with E-state index >= 15 is 0 Å². The number of hydrogen-bond acceptors (Lipinski definition) is 6. The molecule has 0 aliphatic carbocycles. The highest BCUT2D eigenvalue weighted by atomic mass is 32.2. The van der Waals surface area contributed by atoms with Gasteiger partial charge in [-0.3, -0.25) is 9.21 Å². The molecule has 33 heavy (non-hydrogen) atoms. The molecule has 1 aromatic carbocycles. The summed E-state index contributed by atoms with van der Waals surface area (Å²) in [6, 6.07) is 11.1. The number of nitrogens with zero attached hydrogens (tertiary/aromatic N) is 3. The van der Waals surface area contributed by atoms with Crippen LogP contribution in [0.25, 0.3) is 21.6 Å². The zero-order valence-electron chi connectivity index (χ0n) is 18.8. The van der Waals surface area contributed by atoms with Gasteiger partial charge in [0, 0.05) is 29.0 Å². The zero-order valence-corrected chi connectivity index (χ0v) is 21.3. The summed E-state index contributed by atoms with van der Waals surface area (Å²) < 4.78 is 28.8. The number of thiophene rings is 1. The molecule has 4 heterocycles. The first-order valence-corrected chi connectivity index (χ1v) is 14.4. The van der Waals surface area contributed by atoms with Crippen LogP contribution in [-0.2, 0) is 16.6 Å². The van der Waals surface area contributed by atoms with Crippen molar-refractivity contribution < 1.29 is 8.42 Å². The maximum absolute atomic E-state index is 13.5. The number of anilines is 1. The molecular formula is C24H28N4O2S3. The van der Waals surface area contributed by atoms with Crippen LogP contribution >= 0.6 is 22.7 Å². The fourth-order valence-electron chi connectivity index (χ4n) is 4.47. The van der Waals surface area contributed by atoms with Crippen LogP contribution in [0.3, 0.4) is 0 Å². The molecule has 9 heteroatoms. The first-order chi connectivity index (χ1) is 15.9. The predicted octanol–water partition coefficient (Wildman–Crippen LogP) is 5.94. The highest BCUT2D eigenvalue weighted by Gasteiger charge is 2.30. The van der Waals surface area contributed by atoms with E-state index in [0.717, 1.165) is 41.2 Å². The molecule has 4 aromatic rings. The minimum absolute atomic E-state index is 0.231. The van der Waals surface area contributed by atoms with Crippen LogP contribution in [0.1, 0.15) is 38.0 Å². The van der Waals surface area contributed by atoms with E-state index in [9.17, 15) is 8.42 Å². The molecule has 1 fully saturated rings. The smallest absolute Gasteiger partial charge is 0.274 e. The van der Waals surface area contributed by atoms with E-state index in [-0.39, 0.29) is 6.04 Å². The number of fused-ring (bicyclic) bond motifs is 1. The first kappa shape index (κ1) is 22.6. The Labute approximate surface area is 202 Å². The lowest BCUT2D eigenvalue weighted by molar-refractivity contribution is 0.222. The van der Waals surface area contributed by atoms with Crippen LogP contribution in [0.4, 0.5) is 5.69 Å². The molecule has 0 spiro atoms. The van der Waals surface area contributed by atoms with Crippen molar-refractivity contribution in [2.45, 2.75) is 49.9 Å². The standard InChI is InChI=1S/C24H28N4O2S3/c1-17(2)28(33(29,30)22-10-7-13-31-22)21-9-6-8-18-14-20(26-23(18)21)24-25-15-19(32-24)16-27-11-4-3-5-12-27/h6-10,13-15,17,26H,3-5,11-12,16H2,1-2H3. The van der Waals surface area contributed by atoms with Crippen molar-refractivity contribution >= 4 is 49.3 Å². The summed E-state index contributed by atoms with van der Waals surface area (Å²) in [4.78, 5) is 11.9. The number of aromatic amines is 1. The molecule has 3 aromatic heterocycles. The number of H-pyrrole nitrogens is 1. The van der Waals surface area contributed by atoms with Crippen molar-refractivity contribution in [2.75, 3.05) is 17.4 Å². The molecule has 1 saturated heterocycles. The first-order valence-electron chi connectivity index (χ1n) is 11.3. The van der Waals surface area contributed by atoms with Gasteiger partial charge in [-0.2, -0.15) is 0 Å². The lowest BCUT2D eigenvalue weighted by atomic mass is 10.1. The number of piperidine rings is 1. The Morgan fingerprint density at radius 2 is 1.97 bits per heavy atom. The Kier molecular flexibility index (Phi) is 6.30. The van der Waals surface area contributed by atoms with Gasteiger partial charge in [-0.05, 0) is 63.4 Å². The Bertz CT molecular complexity index is 1330. The van der Waals surface area contributed by atoms with E-state index < -0.39 is 10.0 Å². The van der Waals surface area contributed by atoms with Crippen LogP contribution < -0.4 is 4.31 Å². The van der Waals surface area contributed by atoms with Gasteiger partial charge in [0.25, 0.3) is 10.0 Å². The molecular weight excluding hydrogens is 472 g/mol. The highest BCUT2D eigenvalue weighted by molar-refractivity contribution is 7.94. The fraction of sp³-hybridized carbons (Fsp3) is 0.375. The number of aromatic nitrogens is 2. The van der Waals surface area contributed by atoms with Crippen LogP contribution in [0.5, 0.6) is 0 Å². The number of para-hydroxylation sites is 1. The number of likely N-dealkylation sites (tertiary alicyclic amines) is 1. The summed E-state index contributed by atoms with van der Waals surface area (Å²) in [7, 11) is -3.66. The number of hydrogen-bond donors (Lipinski definition) is 1. The molecule has 0 amide bonds. The highest BCUT2D eigenvalue weighted by Crippen LogP contribution is 2.36. The van der Waals surface area contributed by atoms with E-state index in [1.54, 1.807) is 28.8 Å².